The first-order valence-corrected chi connectivity index (χ1v) is 16.0. The first kappa shape index (κ1) is 30.2. The lowest BCUT2D eigenvalue weighted by Crippen LogP contribution is -2.54. The molecule has 3 aliphatic rings. The molecule has 3 fully saturated rings. The van der Waals surface area contributed by atoms with Gasteiger partial charge in [-0.1, -0.05) is 25.5 Å². The minimum absolute atomic E-state index is 0.0771. The van der Waals surface area contributed by atoms with Crippen LogP contribution in [0.5, 0.6) is 0 Å². The highest BCUT2D eigenvalue weighted by Crippen LogP contribution is 2.37. The number of amides is 1. The van der Waals surface area contributed by atoms with Gasteiger partial charge in [0.05, 0.1) is 5.41 Å². The molecule has 4 rings (SSSR count). The first-order valence-electron chi connectivity index (χ1n) is 14.5. The van der Waals surface area contributed by atoms with E-state index in [1.807, 2.05) is 0 Å². The molecule has 0 radical (unpaired) electrons. The molecule has 3 saturated heterocycles. The van der Waals surface area contributed by atoms with E-state index in [0.29, 0.717) is 58.7 Å². The Labute approximate surface area is 233 Å². The Morgan fingerprint density at radius 1 is 1.15 bits per heavy atom. The minimum atomic E-state index is -3.78. The van der Waals surface area contributed by atoms with Crippen molar-refractivity contribution in [3.05, 3.63) is 29.8 Å². The van der Waals surface area contributed by atoms with Crippen molar-refractivity contribution in [2.75, 3.05) is 57.9 Å². The summed E-state index contributed by atoms with van der Waals surface area (Å²) in [5, 5.41) is 3.28. The number of carbonyl (C=O) groups excluding carboxylic acids is 1. The van der Waals surface area contributed by atoms with Crippen LogP contribution in [0.3, 0.4) is 0 Å². The lowest BCUT2D eigenvalue weighted by Gasteiger charge is -2.40. The number of ether oxygens (including phenoxy) is 2. The molecule has 2 atom stereocenters. The molecule has 39 heavy (non-hydrogen) atoms. The molecular weight excluding hydrogens is 520 g/mol. The molecule has 0 aromatic heterocycles. The van der Waals surface area contributed by atoms with E-state index in [0.717, 1.165) is 31.4 Å². The van der Waals surface area contributed by atoms with Gasteiger partial charge in [0.25, 0.3) is 0 Å². The second-order valence-electron chi connectivity index (χ2n) is 10.9. The van der Waals surface area contributed by atoms with Gasteiger partial charge >= 0.3 is 0 Å². The molecular formula is C28H46N4O6S. The number of hydroxylamine groups is 1. The molecule has 220 valence electrons. The topological polar surface area (TPSA) is 109 Å². The predicted molar refractivity (Wildman–Crippen MR) is 151 cm³/mol. The van der Waals surface area contributed by atoms with Crippen LogP contribution in [0.2, 0.25) is 0 Å². The van der Waals surface area contributed by atoms with E-state index in [1.54, 1.807) is 0 Å². The van der Waals surface area contributed by atoms with Crippen molar-refractivity contribution in [1.29, 1.82) is 0 Å². The normalized spacial score (nSPS) is 23.3. The maximum atomic E-state index is 13.7. The third-order valence-electron chi connectivity index (χ3n) is 8.33. The number of piperazine rings is 1. The van der Waals surface area contributed by atoms with Gasteiger partial charge in [0.2, 0.25) is 15.9 Å². The zero-order chi connectivity index (χ0) is 27.7. The Balaban J connectivity index is 1.37. The molecule has 2 unspecified atom stereocenters. The number of hydrogen-bond acceptors (Lipinski definition) is 8. The molecule has 0 bridgehead atoms. The number of rotatable bonds is 12. The summed E-state index contributed by atoms with van der Waals surface area (Å²) in [5.41, 5.74) is 3.02. The van der Waals surface area contributed by atoms with Crippen LogP contribution in [0.4, 0.5) is 5.69 Å². The van der Waals surface area contributed by atoms with E-state index in [2.05, 4.69) is 46.9 Å². The molecule has 1 aromatic rings. The molecule has 0 saturated carbocycles. The van der Waals surface area contributed by atoms with Gasteiger partial charge in [-0.3, -0.25) is 4.79 Å². The average molecular weight is 567 g/mol. The molecule has 0 aliphatic carbocycles. The molecule has 10 nitrogen and oxygen atoms in total. The quantitative estimate of drug-likeness (QED) is 0.372. The highest BCUT2D eigenvalue weighted by atomic mass is 32.2. The summed E-state index contributed by atoms with van der Waals surface area (Å²) >= 11 is 0. The number of nitrogens with one attached hydrogen (secondary N) is 2. The van der Waals surface area contributed by atoms with Crippen LogP contribution in [-0.2, 0) is 35.5 Å². The van der Waals surface area contributed by atoms with Gasteiger partial charge in [0.15, 0.2) is 11.7 Å². The SMILES string of the molecule is CCCCc1ccc(N2CCN(S(=O)(=O)C(CC3(C(=O)NOC4CCCCO4)CCNCC3)OC)CC2)cc1. The molecule has 11 heteroatoms. The fourth-order valence-electron chi connectivity index (χ4n) is 5.71. The smallest absolute Gasteiger partial charge is 0.250 e. The summed E-state index contributed by atoms with van der Waals surface area (Å²) in [6.07, 6.45) is 6.74. The van der Waals surface area contributed by atoms with Crippen molar-refractivity contribution in [2.24, 2.45) is 5.41 Å². The van der Waals surface area contributed by atoms with Gasteiger partial charge in [-0.05, 0) is 69.3 Å². The van der Waals surface area contributed by atoms with E-state index < -0.39 is 27.2 Å². The Bertz CT molecular complexity index is 1000. The maximum Gasteiger partial charge on any atom is 0.250 e. The minimum Gasteiger partial charge on any atom is -0.369 e. The zero-order valence-corrected chi connectivity index (χ0v) is 24.3. The second kappa shape index (κ2) is 14.2. The van der Waals surface area contributed by atoms with Gasteiger partial charge < -0.3 is 19.7 Å². The van der Waals surface area contributed by atoms with Crippen molar-refractivity contribution in [3.63, 3.8) is 0 Å². The number of sulfonamides is 1. The Kier molecular flexibility index (Phi) is 11.0. The van der Waals surface area contributed by atoms with E-state index in [9.17, 15) is 13.2 Å². The van der Waals surface area contributed by atoms with E-state index >= 15 is 0 Å². The lowest BCUT2D eigenvalue weighted by molar-refractivity contribution is -0.206. The number of unbranched alkanes of at least 4 members (excludes halogenated alkanes) is 1. The van der Waals surface area contributed by atoms with Crippen molar-refractivity contribution in [2.45, 2.75) is 76.4 Å². The van der Waals surface area contributed by atoms with Gasteiger partial charge in [0, 0.05) is 58.4 Å². The molecule has 1 amide bonds. The van der Waals surface area contributed by atoms with Crippen LogP contribution in [0.1, 0.15) is 63.9 Å². The fraction of sp³-hybridized carbons (Fsp3) is 0.750. The number of methoxy groups -OCH3 is 1. The van der Waals surface area contributed by atoms with Crippen LogP contribution in [0, 0.1) is 5.41 Å². The molecule has 3 aliphatic heterocycles. The van der Waals surface area contributed by atoms with E-state index in [1.165, 1.54) is 29.8 Å². The highest BCUT2D eigenvalue weighted by molar-refractivity contribution is 7.89. The Morgan fingerprint density at radius 2 is 1.87 bits per heavy atom. The summed E-state index contributed by atoms with van der Waals surface area (Å²) < 4.78 is 40.1. The van der Waals surface area contributed by atoms with Crippen LogP contribution < -0.4 is 15.7 Å². The van der Waals surface area contributed by atoms with E-state index in [-0.39, 0.29) is 12.3 Å². The summed E-state index contributed by atoms with van der Waals surface area (Å²) in [7, 11) is -2.37. The number of aryl methyl sites for hydroxylation is 1. The van der Waals surface area contributed by atoms with E-state index in [4.69, 9.17) is 14.3 Å². The Hall–Kier alpha value is -1.76. The summed E-state index contributed by atoms with van der Waals surface area (Å²) in [6.45, 7) is 6.02. The third-order valence-corrected chi connectivity index (χ3v) is 10.4. The van der Waals surface area contributed by atoms with Crippen LogP contribution in [-0.4, -0.2) is 83.3 Å². The lowest BCUT2D eigenvalue weighted by atomic mass is 9.75. The van der Waals surface area contributed by atoms with Crippen molar-refractivity contribution < 1.29 is 27.5 Å². The van der Waals surface area contributed by atoms with Crippen LogP contribution in [0.15, 0.2) is 24.3 Å². The van der Waals surface area contributed by atoms with Crippen molar-refractivity contribution in [1.82, 2.24) is 15.1 Å². The summed E-state index contributed by atoms with van der Waals surface area (Å²) in [6, 6.07) is 8.60. The highest BCUT2D eigenvalue weighted by Gasteiger charge is 2.46. The average Bonchev–Trinajstić information content (AvgIpc) is 2.99. The molecule has 1 aromatic carbocycles. The van der Waals surface area contributed by atoms with Gasteiger partial charge in [-0.2, -0.15) is 4.31 Å². The monoisotopic (exact) mass is 566 g/mol. The predicted octanol–water partition coefficient (Wildman–Crippen LogP) is 2.79. The second-order valence-corrected chi connectivity index (χ2v) is 13.0. The van der Waals surface area contributed by atoms with Gasteiger partial charge in [0.1, 0.15) is 0 Å². The number of piperidine rings is 1. The number of anilines is 1. The maximum absolute atomic E-state index is 13.7. The van der Waals surface area contributed by atoms with Crippen molar-refractivity contribution >= 4 is 21.6 Å². The van der Waals surface area contributed by atoms with Crippen LogP contribution in [0.25, 0.3) is 0 Å². The Morgan fingerprint density at radius 3 is 2.49 bits per heavy atom. The third kappa shape index (κ3) is 7.71. The standard InChI is InChI=1S/C28H46N4O6S/c1-3-4-7-23-9-11-24(12-10-23)31-17-19-32(20-18-31)39(34,35)26(36-2)22-28(13-15-29-16-14-28)27(33)30-38-25-8-5-6-21-37-25/h9-12,25-26,29H,3-8,13-22H2,1-2H3,(H,30,33). The van der Waals surface area contributed by atoms with Gasteiger partial charge in [-0.15, -0.1) is 0 Å². The summed E-state index contributed by atoms with van der Waals surface area (Å²) in [5.74, 6) is -0.303. The molecule has 2 N–H and O–H groups in total. The van der Waals surface area contributed by atoms with Crippen molar-refractivity contribution in [3.8, 4) is 0 Å². The number of hydrogen-bond donors (Lipinski definition) is 2. The molecule has 0 spiro atoms. The number of carbonyl (C=O) groups is 1. The summed E-state index contributed by atoms with van der Waals surface area (Å²) in [4.78, 5) is 21.2. The van der Waals surface area contributed by atoms with Crippen LogP contribution >= 0.6 is 0 Å². The number of benzene rings is 1. The zero-order valence-electron chi connectivity index (χ0n) is 23.5. The first-order chi connectivity index (χ1) is 18.9. The fourth-order valence-corrected chi connectivity index (χ4v) is 7.49. The largest absolute Gasteiger partial charge is 0.369 e. The molecule has 3 heterocycles. The number of nitrogens with zero attached hydrogens (tertiary/aromatic N) is 2. The van der Waals surface area contributed by atoms with Gasteiger partial charge in [-0.25, -0.2) is 18.7 Å².